The predicted octanol–water partition coefficient (Wildman–Crippen LogP) is 8.06. The number of halogens is 2. The highest BCUT2D eigenvalue weighted by Gasteiger charge is 2.11. The van der Waals surface area contributed by atoms with Crippen molar-refractivity contribution in [1.82, 2.24) is 15.0 Å². The minimum atomic E-state index is 0.823. The SMILES string of the molecule is Brc1cc(Br)cc(-c2ccc(-c3cc(-c4ccccn4)nc(-c4ccccn4)c3)cc2)c1. The molecule has 0 radical (unpaired) electrons. The van der Waals surface area contributed by atoms with Gasteiger partial charge in [-0.3, -0.25) is 9.97 Å². The van der Waals surface area contributed by atoms with Crippen molar-refractivity contribution >= 4 is 31.9 Å². The van der Waals surface area contributed by atoms with Crippen molar-refractivity contribution in [3.8, 4) is 45.0 Å². The fraction of sp³-hybridized carbons (Fsp3) is 0. The van der Waals surface area contributed by atoms with Gasteiger partial charge in [-0.2, -0.15) is 0 Å². The normalized spacial score (nSPS) is 10.8. The van der Waals surface area contributed by atoms with Crippen molar-refractivity contribution in [2.75, 3.05) is 0 Å². The molecule has 3 aromatic heterocycles. The largest absolute Gasteiger partial charge is 0.255 e. The van der Waals surface area contributed by atoms with Gasteiger partial charge in [0.25, 0.3) is 0 Å². The van der Waals surface area contributed by atoms with Crippen LogP contribution in [-0.4, -0.2) is 15.0 Å². The van der Waals surface area contributed by atoms with Crippen LogP contribution in [0.15, 0.2) is 112 Å². The van der Waals surface area contributed by atoms with E-state index in [4.69, 9.17) is 4.98 Å². The quantitative estimate of drug-likeness (QED) is 0.230. The topological polar surface area (TPSA) is 38.7 Å². The molecule has 0 atom stereocenters. The van der Waals surface area contributed by atoms with Crippen molar-refractivity contribution in [2.45, 2.75) is 0 Å². The van der Waals surface area contributed by atoms with Gasteiger partial charge >= 0.3 is 0 Å². The van der Waals surface area contributed by atoms with Crippen molar-refractivity contribution in [3.05, 3.63) is 112 Å². The second-order valence-electron chi connectivity index (χ2n) is 7.29. The minimum Gasteiger partial charge on any atom is -0.255 e. The molecular formula is C27H17Br2N3. The standard InChI is InChI=1S/C27H17Br2N3/c28-22-13-20(14-23(29)17-22)18-7-9-19(10-8-18)21-15-26(24-5-1-3-11-30-24)32-27(16-21)25-6-2-4-12-31-25/h1-17H. The Morgan fingerprint density at radius 2 is 0.906 bits per heavy atom. The van der Waals surface area contributed by atoms with E-state index in [9.17, 15) is 0 Å². The van der Waals surface area contributed by atoms with Crippen molar-refractivity contribution in [2.24, 2.45) is 0 Å². The van der Waals surface area contributed by atoms with E-state index in [1.807, 2.05) is 42.5 Å². The molecule has 5 rings (SSSR count). The molecular weight excluding hydrogens is 526 g/mol. The second kappa shape index (κ2) is 9.15. The van der Waals surface area contributed by atoms with Crippen LogP contribution in [-0.2, 0) is 0 Å². The minimum absolute atomic E-state index is 0.823. The van der Waals surface area contributed by atoms with Crippen LogP contribution in [0.4, 0.5) is 0 Å². The first-order chi connectivity index (χ1) is 15.7. The fourth-order valence-electron chi connectivity index (χ4n) is 3.56. The Labute approximate surface area is 203 Å². The van der Waals surface area contributed by atoms with Crippen LogP contribution < -0.4 is 0 Å². The summed E-state index contributed by atoms with van der Waals surface area (Å²) < 4.78 is 2.08. The number of nitrogens with zero attached hydrogens (tertiary/aromatic N) is 3. The predicted molar refractivity (Wildman–Crippen MR) is 137 cm³/mol. The van der Waals surface area contributed by atoms with E-state index in [0.717, 1.165) is 54.0 Å². The van der Waals surface area contributed by atoms with Crippen LogP contribution in [0.3, 0.4) is 0 Å². The average molecular weight is 543 g/mol. The lowest BCUT2D eigenvalue weighted by Crippen LogP contribution is -1.93. The molecule has 0 aliphatic heterocycles. The lowest BCUT2D eigenvalue weighted by atomic mass is 9.99. The van der Waals surface area contributed by atoms with Crippen LogP contribution in [0.2, 0.25) is 0 Å². The molecule has 5 aromatic rings. The number of hydrogen-bond acceptors (Lipinski definition) is 3. The van der Waals surface area contributed by atoms with Crippen LogP contribution in [0, 0.1) is 0 Å². The Kier molecular flexibility index (Phi) is 5.93. The van der Waals surface area contributed by atoms with Crippen LogP contribution in [0.1, 0.15) is 0 Å². The second-order valence-corrected chi connectivity index (χ2v) is 9.12. The molecule has 32 heavy (non-hydrogen) atoms. The summed E-state index contributed by atoms with van der Waals surface area (Å²) in [6.45, 7) is 0. The number of hydrogen-bond donors (Lipinski definition) is 0. The van der Waals surface area contributed by atoms with Gasteiger partial charge in [-0.05, 0) is 76.9 Å². The first kappa shape index (κ1) is 20.7. The van der Waals surface area contributed by atoms with Gasteiger partial charge in [0, 0.05) is 21.3 Å². The summed E-state index contributed by atoms with van der Waals surface area (Å²) in [4.78, 5) is 13.8. The number of rotatable bonds is 4. The Balaban J connectivity index is 1.59. The van der Waals surface area contributed by atoms with E-state index < -0.39 is 0 Å². The molecule has 0 aliphatic carbocycles. The summed E-state index contributed by atoms with van der Waals surface area (Å²) in [7, 11) is 0. The Bertz CT molecular complexity index is 1290. The fourth-order valence-corrected chi connectivity index (χ4v) is 4.86. The van der Waals surface area contributed by atoms with Gasteiger partial charge in [-0.1, -0.05) is 68.3 Å². The van der Waals surface area contributed by atoms with Gasteiger partial charge in [0.15, 0.2) is 0 Å². The molecule has 0 N–H and O–H groups in total. The van der Waals surface area contributed by atoms with Crippen molar-refractivity contribution in [3.63, 3.8) is 0 Å². The van der Waals surface area contributed by atoms with Crippen LogP contribution in [0.25, 0.3) is 45.0 Å². The summed E-state index contributed by atoms with van der Waals surface area (Å²) in [6, 6.07) is 30.7. The van der Waals surface area contributed by atoms with Gasteiger partial charge in [-0.25, -0.2) is 4.98 Å². The zero-order valence-corrected chi connectivity index (χ0v) is 20.1. The lowest BCUT2D eigenvalue weighted by Gasteiger charge is -2.10. The Morgan fingerprint density at radius 3 is 1.34 bits per heavy atom. The Hall–Kier alpha value is -3.15. The smallest absolute Gasteiger partial charge is 0.0900 e. The zero-order valence-electron chi connectivity index (χ0n) is 16.9. The highest BCUT2D eigenvalue weighted by Crippen LogP contribution is 2.32. The molecule has 0 aliphatic rings. The van der Waals surface area contributed by atoms with E-state index in [0.29, 0.717) is 0 Å². The molecule has 154 valence electrons. The van der Waals surface area contributed by atoms with Gasteiger partial charge in [0.1, 0.15) is 0 Å². The summed E-state index contributed by atoms with van der Waals surface area (Å²) >= 11 is 7.15. The number of aromatic nitrogens is 3. The van der Waals surface area contributed by atoms with Gasteiger partial charge in [-0.15, -0.1) is 0 Å². The first-order valence-corrected chi connectivity index (χ1v) is 11.7. The van der Waals surface area contributed by atoms with E-state index in [1.165, 1.54) is 0 Å². The zero-order chi connectivity index (χ0) is 21.9. The molecule has 0 saturated carbocycles. The maximum Gasteiger partial charge on any atom is 0.0900 e. The summed E-state index contributed by atoms with van der Waals surface area (Å²) in [5.74, 6) is 0. The Morgan fingerprint density at radius 1 is 0.438 bits per heavy atom. The van der Waals surface area contributed by atoms with Crippen molar-refractivity contribution < 1.29 is 0 Å². The molecule has 0 unspecified atom stereocenters. The van der Waals surface area contributed by atoms with Crippen LogP contribution >= 0.6 is 31.9 Å². The lowest BCUT2D eigenvalue weighted by molar-refractivity contribution is 1.22. The van der Waals surface area contributed by atoms with E-state index in [-0.39, 0.29) is 0 Å². The van der Waals surface area contributed by atoms with Gasteiger partial charge < -0.3 is 0 Å². The van der Waals surface area contributed by atoms with Gasteiger partial charge in [0.2, 0.25) is 0 Å². The highest BCUT2D eigenvalue weighted by molar-refractivity contribution is 9.11. The molecule has 0 amide bonds. The molecule has 0 spiro atoms. The number of pyridine rings is 3. The third kappa shape index (κ3) is 4.54. The van der Waals surface area contributed by atoms with E-state index in [1.54, 1.807) is 12.4 Å². The van der Waals surface area contributed by atoms with E-state index >= 15 is 0 Å². The number of benzene rings is 2. The molecule has 3 heterocycles. The molecule has 0 saturated heterocycles. The third-order valence-corrected chi connectivity index (χ3v) is 6.01. The van der Waals surface area contributed by atoms with Gasteiger partial charge in [0.05, 0.1) is 22.8 Å². The van der Waals surface area contributed by atoms with E-state index in [2.05, 4.69) is 90.4 Å². The monoisotopic (exact) mass is 541 g/mol. The highest BCUT2D eigenvalue weighted by atomic mass is 79.9. The average Bonchev–Trinajstić information content (AvgIpc) is 2.84. The molecule has 0 bridgehead atoms. The third-order valence-electron chi connectivity index (χ3n) is 5.09. The molecule has 2 aromatic carbocycles. The molecule has 0 fully saturated rings. The summed E-state index contributed by atoms with van der Waals surface area (Å²) in [5.41, 5.74) is 7.80. The van der Waals surface area contributed by atoms with Crippen LogP contribution in [0.5, 0.6) is 0 Å². The summed E-state index contributed by atoms with van der Waals surface area (Å²) in [6.07, 6.45) is 3.57. The molecule has 3 nitrogen and oxygen atoms in total. The summed E-state index contributed by atoms with van der Waals surface area (Å²) in [5, 5.41) is 0. The maximum absolute atomic E-state index is 4.85. The van der Waals surface area contributed by atoms with Crippen molar-refractivity contribution in [1.29, 1.82) is 0 Å². The first-order valence-electron chi connectivity index (χ1n) is 10.1. The molecule has 5 heteroatoms. The maximum atomic E-state index is 4.85.